The first-order chi connectivity index (χ1) is 6.33. The van der Waals surface area contributed by atoms with Crippen LogP contribution in [0, 0.1) is 0 Å². The average molecular weight is 173 g/mol. The third-order valence-corrected chi connectivity index (χ3v) is 2.07. The molecule has 0 atom stereocenters. The summed E-state index contributed by atoms with van der Waals surface area (Å²) in [6.07, 6.45) is 1.76. The molecule has 1 aromatic carbocycles. The maximum absolute atomic E-state index is 4.42. The van der Waals surface area contributed by atoms with Crippen LogP contribution in [-0.4, -0.2) is 22.8 Å². The molecular formula is C10H11N3. The topological polar surface area (TPSA) is 30.2 Å². The van der Waals surface area contributed by atoms with Crippen LogP contribution < -0.4 is 0 Å². The third-order valence-electron chi connectivity index (χ3n) is 2.07. The summed E-state index contributed by atoms with van der Waals surface area (Å²) in [5.41, 5.74) is 2.15. The van der Waals surface area contributed by atoms with Gasteiger partial charge in [0.2, 0.25) is 0 Å². The number of benzene rings is 1. The summed E-state index contributed by atoms with van der Waals surface area (Å²) in [5.74, 6) is 0.892. The van der Waals surface area contributed by atoms with Crippen molar-refractivity contribution >= 4 is 17.2 Å². The lowest BCUT2D eigenvalue weighted by molar-refractivity contribution is 0.934. The minimum Gasteiger partial charge on any atom is -0.326 e. The molecule has 3 nitrogen and oxygen atoms in total. The van der Waals surface area contributed by atoms with Gasteiger partial charge in [-0.3, -0.25) is 4.99 Å². The summed E-state index contributed by atoms with van der Waals surface area (Å²) in [4.78, 5) is 8.37. The fourth-order valence-corrected chi connectivity index (χ4v) is 1.40. The van der Waals surface area contributed by atoms with Gasteiger partial charge in [-0.1, -0.05) is 12.1 Å². The molecule has 0 saturated carbocycles. The van der Waals surface area contributed by atoms with Crippen LogP contribution in [-0.2, 0) is 7.05 Å². The Kier molecular flexibility index (Phi) is 1.85. The van der Waals surface area contributed by atoms with Crippen molar-refractivity contribution in [1.82, 2.24) is 9.55 Å². The van der Waals surface area contributed by atoms with E-state index in [0.717, 1.165) is 16.9 Å². The fraction of sp³-hybridized carbons (Fsp3) is 0.200. The second kappa shape index (κ2) is 3.01. The smallest absolute Gasteiger partial charge is 0.151 e. The molecule has 66 valence electrons. The van der Waals surface area contributed by atoms with Gasteiger partial charge in [-0.05, 0) is 12.1 Å². The number of para-hydroxylation sites is 2. The van der Waals surface area contributed by atoms with Crippen LogP contribution in [0.25, 0.3) is 11.0 Å². The predicted octanol–water partition coefficient (Wildman–Crippen LogP) is 1.62. The van der Waals surface area contributed by atoms with Crippen molar-refractivity contribution in [3.63, 3.8) is 0 Å². The first-order valence-corrected chi connectivity index (χ1v) is 4.16. The molecule has 3 heteroatoms. The summed E-state index contributed by atoms with van der Waals surface area (Å²) < 4.78 is 2.03. The van der Waals surface area contributed by atoms with E-state index in [0.29, 0.717) is 0 Å². The third kappa shape index (κ3) is 1.22. The van der Waals surface area contributed by atoms with Crippen molar-refractivity contribution in [2.75, 3.05) is 7.05 Å². The van der Waals surface area contributed by atoms with Gasteiger partial charge in [0.1, 0.15) is 0 Å². The monoisotopic (exact) mass is 173 g/mol. The van der Waals surface area contributed by atoms with E-state index in [1.165, 1.54) is 0 Å². The Morgan fingerprint density at radius 3 is 2.85 bits per heavy atom. The number of rotatable bonds is 1. The Bertz CT molecular complexity index is 454. The van der Waals surface area contributed by atoms with Gasteiger partial charge in [0.25, 0.3) is 0 Å². The van der Waals surface area contributed by atoms with Gasteiger partial charge in [0.05, 0.1) is 17.2 Å². The van der Waals surface area contributed by atoms with Gasteiger partial charge < -0.3 is 4.57 Å². The lowest BCUT2D eigenvalue weighted by Gasteiger charge is -1.94. The van der Waals surface area contributed by atoms with Crippen LogP contribution in [0.15, 0.2) is 29.3 Å². The van der Waals surface area contributed by atoms with Crippen molar-refractivity contribution in [1.29, 1.82) is 0 Å². The summed E-state index contributed by atoms with van der Waals surface area (Å²) in [7, 11) is 3.74. The lowest BCUT2D eigenvalue weighted by atomic mass is 10.3. The van der Waals surface area contributed by atoms with Crippen molar-refractivity contribution in [2.45, 2.75) is 0 Å². The number of aliphatic imine (C=N–C) groups is 1. The van der Waals surface area contributed by atoms with Crippen LogP contribution in [0.1, 0.15) is 5.82 Å². The highest BCUT2D eigenvalue weighted by atomic mass is 15.1. The molecule has 2 aromatic rings. The first kappa shape index (κ1) is 7.98. The molecule has 0 aliphatic carbocycles. The van der Waals surface area contributed by atoms with Crippen molar-refractivity contribution in [2.24, 2.45) is 12.0 Å². The highest BCUT2D eigenvalue weighted by Gasteiger charge is 2.02. The second-order valence-electron chi connectivity index (χ2n) is 2.91. The van der Waals surface area contributed by atoms with Gasteiger partial charge in [-0.25, -0.2) is 4.98 Å². The molecule has 0 aliphatic rings. The largest absolute Gasteiger partial charge is 0.326 e. The molecule has 2 rings (SSSR count). The summed E-state index contributed by atoms with van der Waals surface area (Å²) in [6.45, 7) is 0. The van der Waals surface area contributed by atoms with E-state index < -0.39 is 0 Å². The molecule has 0 radical (unpaired) electrons. The Balaban J connectivity index is 2.73. The van der Waals surface area contributed by atoms with E-state index in [4.69, 9.17) is 0 Å². The Hall–Kier alpha value is -1.64. The number of nitrogens with zero attached hydrogens (tertiary/aromatic N) is 3. The van der Waals surface area contributed by atoms with Crippen LogP contribution in [0.3, 0.4) is 0 Å². The van der Waals surface area contributed by atoms with Gasteiger partial charge in [0.15, 0.2) is 5.82 Å². The van der Waals surface area contributed by atoms with Gasteiger partial charge in [-0.2, -0.15) is 0 Å². The lowest BCUT2D eigenvalue weighted by Crippen LogP contribution is -1.95. The number of aryl methyl sites for hydroxylation is 1. The van der Waals surface area contributed by atoms with Gasteiger partial charge in [0, 0.05) is 14.1 Å². The molecule has 0 spiro atoms. The maximum atomic E-state index is 4.42. The molecule has 0 saturated heterocycles. The normalized spacial score (nSPS) is 11.5. The van der Waals surface area contributed by atoms with Crippen LogP contribution in [0.2, 0.25) is 0 Å². The molecule has 0 unspecified atom stereocenters. The molecule has 0 bridgehead atoms. The highest BCUT2D eigenvalue weighted by Crippen LogP contribution is 2.12. The van der Waals surface area contributed by atoms with Crippen molar-refractivity contribution in [3.05, 3.63) is 30.1 Å². The zero-order chi connectivity index (χ0) is 9.26. The van der Waals surface area contributed by atoms with Crippen molar-refractivity contribution < 1.29 is 0 Å². The number of hydrogen-bond acceptors (Lipinski definition) is 2. The minimum atomic E-state index is 0.892. The van der Waals surface area contributed by atoms with E-state index in [9.17, 15) is 0 Å². The molecule has 0 fully saturated rings. The standard InChI is InChI=1S/C10H11N3/c1-11-7-10-12-8-5-3-4-6-9(8)13(10)2/h3-7H,1-2H3. The van der Waals surface area contributed by atoms with E-state index in [2.05, 4.69) is 16.0 Å². The first-order valence-electron chi connectivity index (χ1n) is 4.16. The highest BCUT2D eigenvalue weighted by molar-refractivity contribution is 5.84. The summed E-state index contributed by atoms with van der Waals surface area (Å²) in [5, 5.41) is 0. The van der Waals surface area contributed by atoms with E-state index in [1.54, 1.807) is 13.3 Å². The van der Waals surface area contributed by atoms with Gasteiger partial charge >= 0.3 is 0 Å². The summed E-state index contributed by atoms with van der Waals surface area (Å²) >= 11 is 0. The number of imidazole rings is 1. The SMILES string of the molecule is CN=Cc1nc2ccccc2n1C. The quantitative estimate of drug-likeness (QED) is 0.603. The molecule has 0 aliphatic heterocycles. The molecule has 0 N–H and O–H groups in total. The Morgan fingerprint density at radius 2 is 2.15 bits per heavy atom. The van der Waals surface area contributed by atoms with E-state index in [-0.39, 0.29) is 0 Å². The Labute approximate surface area is 76.7 Å². The van der Waals surface area contributed by atoms with Gasteiger partial charge in [-0.15, -0.1) is 0 Å². The zero-order valence-corrected chi connectivity index (χ0v) is 7.73. The van der Waals surface area contributed by atoms with Crippen LogP contribution in [0.5, 0.6) is 0 Å². The maximum Gasteiger partial charge on any atom is 0.151 e. The number of hydrogen-bond donors (Lipinski definition) is 0. The molecular weight excluding hydrogens is 162 g/mol. The van der Waals surface area contributed by atoms with Crippen LogP contribution >= 0.6 is 0 Å². The Morgan fingerprint density at radius 1 is 1.38 bits per heavy atom. The average Bonchev–Trinajstić information content (AvgIpc) is 2.46. The fourth-order valence-electron chi connectivity index (χ4n) is 1.40. The minimum absolute atomic E-state index is 0.892. The van der Waals surface area contributed by atoms with Crippen LogP contribution in [0.4, 0.5) is 0 Å². The molecule has 0 amide bonds. The second-order valence-corrected chi connectivity index (χ2v) is 2.91. The molecule has 13 heavy (non-hydrogen) atoms. The zero-order valence-electron chi connectivity index (χ0n) is 7.73. The number of aromatic nitrogens is 2. The molecule has 1 heterocycles. The summed E-state index contributed by atoms with van der Waals surface area (Å²) in [6, 6.07) is 8.05. The van der Waals surface area contributed by atoms with E-state index >= 15 is 0 Å². The van der Waals surface area contributed by atoms with E-state index in [1.807, 2.05) is 29.8 Å². The molecule has 1 aromatic heterocycles. The van der Waals surface area contributed by atoms with Crippen molar-refractivity contribution in [3.8, 4) is 0 Å². The predicted molar refractivity (Wildman–Crippen MR) is 54.2 cm³/mol. The number of fused-ring (bicyclic) bond motifs is 1.